The van der Waals surface area contributed by atoms with Crippen molar-refractivity contribution in [2.45, 2.75) is 58.0 Å². The molecule has 76 valence electrons. The molecule has 0 radical (unpaired) electrons. The largest absolute Gasteiger partial charge is 0.305 e. The molecule has 0 spiro atoms. The Balaban J connectivity index is 2.25. The summed E-state index contributed by atoms with van der Waals surface area (Å²) in [6, 6.07) is 0.500. The highest BCUT2D eigenvalue weighted by Crippen LogP contribution is 2.28. The molecule has 0 aromatic heterocycles. The first kappa shape index (κ1) is 10.7. The number of aldehydes is 1. The molecule has 1 rings (SSSR count). The van der Waals surface area contributed by atoms with Gasteiger partial charge in [0.1, 0.15) is 6.29 Å². The normalized spacial score (nSPS) is 20.8. The summed E-state index contributed by atoms with van der Waals surface area (Å²) in [5, 5.41) is 3.29. The van der Waals surface area contributed by atoms with Crippen LogP contribution in [0.4, 0.5) is 0 Å². The molecule has 1 aliphatic rings. The lowest BCUT2D eigenvalue weighted by atomic mass is 9.99. The standard InChI is InChI=1S/C11H21NO/c1-9(2)12-11(8-13)7-10-5-3-4-6-10/h8-12H,3-7H2,1-2H3/t11-/m0/s1. The van der Waals surface area contributed by atoms with Gasteiger partial charge in [-0.05, 0) is 12.3 Å². The summed E-state index contributed by atoms with van der Waals surface area (Å²) in [4.78, 5) is 10.8. The second-order valence-electron chi connectivity index (χ2n) is 4.45. The van der Waals surface area contributed by atoms with E-state index in [4.69, 9.17) is 0 Å². The molecule has 1 N–H and O–H groups in total. The van der Waals surface area contributed by atoms with Crippen LogP contribution in [0, 0.1) is 5.92 Å². The molecule has 0 heterocycles. The van der Waals surface area contributed by atoms with Crippen molar-refractivity contribution < 1.29 is 4.79 Å². The number of carbonyl (C=O) groups excluding carboxylic acids is 1. The maximum absolute atomic E-state index is 10.8. The number of hydrogen-bond donors (Lipinski definition) is 1. The summed E-state index contributed by atoms with van der Waals surface area (Å²) in [6.45, 7) is 4.18. The van der Waals surface area contributed by atoms with Crippen molar-refractivity contribution in [3.63, 3.8) is 0 Å². The Kier molecular flexibility index (Phi) is 4.43. The third-order valence-electron chi connectivity index (χ3n) is 2.77. The minimum absolute atomic E-state index is 0.0862. The van der Waals surface area contributed by atoms with Crippen molar-refractivity contribution in [3.8, 4) is 0 Å². The van der Waals surface area contributed by atoms with Crippen LogP contribution in [0.2, 0.25) is 0 Å². The van der Waals surface area contributed by atoms with E-state index in [1.807, 2.05) is 0 Å². The molecule has 0 saturated heterocycles. The van der Waals surface area contributed by atoms with Crippen LogP contribution in [-0.4, -0.2) is 18.4 Å². The molecule has 0 amide bonds. The number of rotatable bonds is 5. The minimum atomic E-state index is 0.0862. The van der Waals surface area contributed by atoms with Crippen molar-refractivity contribution in [1.29, 1.82) is 0 Å². The van der Waals surface area contributed by atoms with E-state index < -0.39 is 0 Å². The Labute approximate surface area is 81.1 Å². The minimum Gasteiger partial charge on any atom is -0.305 e. The molecule has 0 aromatic rings. The van der Waals surface area contributed by atoms with E-state index in [-0.39, 0.29) is 6.04 Å². The van der Waals surface area contributed by atoms with E-state index in [2.05, 4.69) is 19.2 Å². The summed E-state index contributed by atoms with van der Waals surface area (Å²) in [5.74, 6) is 0.793. The van der Waals surface area contributed by atoms with Crippen LogP contribution < -0.4 is 5.32 Å². The molecule has 1 saturated carbocycles. The molecule has 2 heteroatoms. The lowest BCUT2D eigenvalue weighted by Crippen LogP contribution is -2.37. The summed E-state index contributed by atoms with van der Waals surface area (Å²) in [7, 11) is 0. The summed E-state index contributed by atoms with van der Waals surface area (Å²) in [6.07, 6.45) is 7.48. The van der Waals surface area contributed by atoms with Gasteiger partial charge in [-0.15, -0.1) is 0 Å². The van der Waals surface area contributed by atoms with Crippen molar-refractivity contribution in [2.24, 2.45) is 5.92 Å². The quantitative estimate of drug-likeness (QED) is 0.662. The third kappa shape index (κ3) is 3.90. The van der Waals surface area contributed by atoms with Crippen molar-refractivity contribution in [3.05, 3.63) is 0 Å². The predicted molar refractivity (Wildman–Crippen MR) is 54.7 cm³/mol. The van der Waals surface area contributed by atoms with Crippen LogP contribution in [0.25, 0.3) is 0 Å². The molecular weight excluding hydrogens is 162 g/mol. The van der Waals surface area contributed by atoms with E-state index in [0.29, 0.717) is 6.04 Å². The van der Waals surface area contributed by atoms with Crippen LogP contribution in [0.15, 0.2) is 0 Å². The molecule has 0 bridgehead atoms. The van der Waals surface area contributed by atoms with Crippen LogP contribution >= 0.6 is 0 Å². The zero-order valence-electron chi connectivity index (χ0n) is 8.75. The molecule has 1 fully saturated rings. The fourth-order valence-corrected chi connectivity index (χ4v) is 2.20. The molecule has 13 heavy (non-hydrogen) atoms. The van der Waals surface area contributed by atoms with Gasteiger partial charge in [0, 0.05) is 6.04 Å². The van der Waals surface area contributed by atoms with Gasteiger partial charge in [-0.2, -0.15) is 0 Å². The first-order valence-corrected chi connectivity index (χ1v) is 5.43. The average Bonchev–Trinajstić information content (AvgIpc) is 2.55. The lowest BCUT2D eigenvalue weighted by Gasteiger charge is -2.18. The molecule has 0 aromatic carbocycles. The van der Waals surface area contributed by atoms with Crippen LogP contribution in [0.1, 0.15) is 46.0 Å². The van der Waals surface area contributed by atoms with Crippen molar-refractivity contribution in [1.82, 2.24) is 5.32 Å². The Bertz CT molecular complexity index is 150. The highest BCUT2D eigenvalue weighted by atomic mass is 16.1. The smallest absolute Gasteiger partial charge is 0.136 e. The van der Waals surface area contributed by atoms with Gasteiger partial charge in [-0.1, -0.05) is 39.5 Å². The Morgan fingerprint density at radius 3 is 2.46 bits per heavy atom. The van der Waals surface area contributed by atoms with E-state index in [9.17, 15) is 4.79 Å². The maximum atomic E-state index is 10.8. The van der Waals surface area contributed by atoms with Gasteiger partial charge in [0.25, 0.3) is 0 Å². The molecule has 1 aliphatic carbocycles. The summed E-state index contributed by atoms with van der Waals surface area (Å²) in [5.41, 5.74) is 0. The Hall–Kier alpha value is -0.370. The zero-order chi connectivity index (χ0) is 9.68. The fourth-order valence-electron chi connectivity index (χ4n) is 2.20. The first-order chi connectivity index (χ1) is 6.22. The second kappa shape index (κ2) is 5.38. The molecular formula is C11H21NO. The number of hydrogen-bond acceptors (Lipinski definition) is 2. The molecule has 1 atom stereocenters. The SMILES string of the molecule is CC(C)N[C@H](C=O)CC1CCCC1. The third-order valence-corrected chi connectivity index (χ3v) is 2.77. The van der Waals surface area contributed by atoms with E-state index in [0.717, 1.165) is 18.6 Å². The molecule has 2 nitrogen and oxygen atoms in total. The van der Waals surface area contributed by atoms with Crippen LogP contribution in [-0.2, 0) is 4.79 Å². The summed E-state index contributed by atoms with van der Waals surface area (Å²) < 4.78 is 0. The zero-order valence-corrected chi connectivity index (χ0v) is 8.75. The van der Waals surface area contributed by atoms with Gasteiger partial charge in [0.2, 0.25) is 0 Å². The van der Waals surface area contributed by atoms with Crippen LogP contribution in [0.3, 0.4) is 0 Å². The van der Waals surface area contributed by atoms with Gasteiger partial charge in [0.05, 0.1) is 6.04 Å². The van der Waals surface area contributed by atoms with Gasteiger partial charge >= 0.3 is 0 Å². The van der Waals surface area contributed by atoms with E-state index in [1.54, 1.807) is 0 Å². The topological polar surface area (TPSA) is 29.1 Å². The molecule has 0 unspecified atom stereocenters. The van der Waals surface area contributed by atoms with Crippen molar-refractivity contribution >= 4 is 6.29 Å². The van der Waals surface area contributed by atoms with Gasteiger partial charge in [-0.3, -0.25) is 0 Å². The average molecular weight is 183 g/mol. The number of carbonyl (C=O) groups is 1. The maximum Gasteiger partial charge on any atom is 0.136 e. The van der Waals surface area contributed by atoms with Gasteiger partial charge in [0.15, 0.2) is 0 Å². The summed E-state index contributed by atoms with van der Waals surface area (Å²) >= 11 is 0. The highest BCUT2D eigenvalue weighted by Gasteiger charge is 2.19. The van der Waals surface area contributed by atoms with E-state index in [1.165, 1.54) is 25.7 Å². The fraction of sp³-hybridized carbons (Fsp3) is 0.909. The van der Waals surface area contributed by atoms with Gasteiger partial charge in [-0.25, -0.2) is 0 Å². The first-order valence-electron chi connectivity index (χ1n) is 5.43. The predicted octanol–water partition coefficient (Wildman–Crippen LogP) is 2.13. The second-order valence-corrected chi connectivity index (χ2v) is 4.45. The number of nitrogens with one attached hydrogen (secondary N) is 1. The monoisotopic (exact) mass is 183 g/mol. The lowest BCUT2D eigenvalue weighted by molar-refractivity contribution is -0.110. The van der Waals surface area contributed by atoms with Crippen LogP contribution in [0.5, 0.6) is 0 Å². The Morgan fingerprint density at radius 2 is 2.00 bits per heavy atom. The van der Waals surface area contributed by atoms with Crippen molar-refractivity contribution in [2.75, 3.05) is 0 Å². The molecule has 0 aliphatic heterocycles. The Morgan fingerprint density at radius 1 is 1.38 bits per heavy atom. The van der Waals surface area contributed by atoms with E-state index >= 15 is 0 Å². The highest BCUT2D eigenvalue weighted by molar-refractivity contribution is 5.57. The van der Waals surface area contributed by atoms with Gasteiger partial charge < -0.3 is 10.1 Å².